The van der Waals surface area contributed by atoms with Crippen molar-refractivity contribution in [3.63, 3.8) is 0 Å². The van der Waals surface area contributed by atoms with Gasteiger partial charge in [-0.3, -0.25) is 4.79 Å². The first-order chi connectivity index (χ1) is 9.55. The number of rotatable bonds is 5. The number of likely N-dealkylation sites (N-methyl/N-ethyl adjacent to an activating group) is 1. The summed E-state index contributed by atoms with van der Waals surface area (Å²) in [5.41, 5.74) is 7.75. The van der Waals surface area contributed by atoms with Crippen LogP contribution in [-0.2, 0) is 10.5 Å². The highest BCUT2D eigenvalue weighted by atomic mass is 32.2. The Bertz CT molecular complexity index is 477. The third kappa shape index (κ3) is 3.55. The summed E-state index contributed by atoms with van der Waals surface area (Å²) in [4.78, 5) is 11.7. The number of thioether (sulfide) groups is 1. The van der Waals surface area contributed by atoms with E-state index in [2.05, 4.69) is 36.5 Å². The van der Waals surface area contributed by atoms with Crippen LogP contribution in [0.3, 0.4) is 0 Å². The fourth-order valence-corrected chi connectivity index (χ4v) is 4.30. The van der Waals surface area contributed by atoms with E-state index >= 15 is 0 Å². The number of carbonyl (C=O) groups excluding carboxylic acids is 1. The van der Waals surface area contributed by atoms with Crippen molar-refractivity contribution in [3.8, 4) is 0 Å². The maximum atomic E-state index is 11.7. The van der Waals surface area contributed by atoms with Crippen LogP contribution in [0.15, 0.2) is 24.3 Å². The maximum Gasteiger partial charge on any atom is 0.237 e. The van der Waals surface area contributed by atoms with Crippen LogP contribution in [0.5, 0.6) is 0 Å². The molecule has 1 saturated carbocycles. The minimum atomic E-state index is -0.497. The Labute approximate surface area is 125 Å². The molecule has 0 bridgehead atoms. The molecule has 1 fully saturated rings. The number of hydrogen-bond donors (Lipinski definition) is 2. The Hall–Kier alpha value is -1.00. The molecule has 1 aromatic carbocycles. The van der Waals surface area contributed by atoms with E-state index in [-0.39, 0.29) is 5.91 Å². The zero-order chi connectivity index (χ0) is 14.6. The summed E-state index contributed by atoms with van der Waals surface area (Å²) in [6, 6.07) is 8.62. The molecule has 3 nitrogen and oxygen atoms in total. The van der Waals surface area contributed by atoms with Gasteiger partial charge in [0.2, 0.25) is 5.91 Å². The standard InChI is InChI=1S/C16H24N2OS/c1-12-5-3-6-13(9-12)11-20-14-7-4-8-16(10-14,18-2)15(17)19/h3,5-6,9,14,18H,4,7-8,10-11H2,1-2H3,(H2,17,19). The quantitative estimate of drug-likeness (QED) is 0.877. The van der Waals surface area contributed by atoms with Gasteiger partial charge in [0.05, 0.1) is 5.54 Å². The van der Waals surface area contributed by atoms with E-state index in [1.807, 2.05) is 18.8 Å². The third-order valence-electron chi connectivity index (χ3n) is 4.22. The highest BCUT2D eigenvalue weighted by Gasteiger charge is 2.40. The van der Waals surface area contributed by atoms with Crippen LogP contribution in [0.25, 0.3) is 0 Å². The molecular formula is C16H24N2OS. The molecule has 1 aromatic rings. The summed E-state index contributed by atoms with van der Waals surface area (Å²) >= 11 is 1.95. The predicted octanol–water partition coefficient (Wildman–Crippen LogP) is 2.61. The van der Waals surface area contributed by atoms with E-state index in [1.165, 1.54) is 17.5 Å². The lowest BCUT2D eigenvalue weighted by molar-refractivity contribution is -0.125. The van der Waals surface area contributed by atoms with Gasteiger partial charge in [-0.2, -0.15) is 11.8 Å². The fourth-order valence-electron chi connectivity index (χ4n) is 2.96. The highest BCUT2D eigenvalue weighted by Crippen LogP contribution is 2.36. The summed E-state index contributed by atoms with van der Waals surface area (Å²) in [6.45, 7) is 2.12. The van der Waals surface area contributed by atoms with Crippen LogP contribution in [0.2, 0.25) is 0 Å². The molecule has 2 atom stereocenters. The number of nitrogens with two attached hydrogens (primary N) is 1. The van der Waals surface area contributed by atoms with E-state index in [0.29, 0.717) is 5.25 Å². The molecule has 0 saturated heterocycles. The first-order valence-electron chi connectivity index (χ1n) is 7.22. The summed E-state index contributed by atoms with van der Waals surface area (Å²) in [5.74, 6) is 0.797. The summed E-state index contributed by atoms with van der Waals surface area (Å²) < 4.78 is 0. The lowest BCUT2D eigenvalue weighted by atomic mass is 9.81. The van der Waals surface area contributed by atoms with Crippen molar-refractivity contribution < 1.29 is 4.79 Å². The first-order valence-corrected chi connectivity index (χ1v) is 8.26. The van der Waals surface area contributed by atoms with Gasteiger partial charge in [-0.1, -0.05) is 29.8 Å². The lowest BCUT2D eigenvalue weighted by Crippen LogP contribution is -2.57. The molecule has 1 aliphatic rings. The molecule has 110 valence electrons. The second kappa shape index (κ2) is 6.64. The summed E-state index contributed by atoms with van der Waals surface area (Å²) in [7, 11) is 1.85. The molecule has 0 aromatic heterocycles. The Balaban J connectivity index is 1.95. The molecule has 1 amide bonds. The van der Waals surface area contributed by atoms with Crippen LogP contribution in [0, 0.1) is 6.92 Å². The van der Waals surface area contributed by atoms with E-state index in [1.54, 1.807) is 0 Å². The molecular weight excluding hydrogens is 268 g/mol. The van der Waals surface area contributed by atoms with Crippen LogP contribution < -0.4 is 11.1 Å². The first kappa shape index (κ1) is 15.4. The van der Waals surface area contributed by atoms with Crippen molar-refractivity contribution >= 4 is 17.7 Å². The minimum absolute atomic E-state index is 0.208. The van der Waals surface area contributed by atoms with Gasteiger partial charge >= 0.3 is 0 Å². The van der Waals surface area contributed by atoms with Crippen molar-refractivity contribution in [2.45, 2.75) is 49.1 Å². The highest BCUT2D eigenvalue weighted by molar-refractivity contribution is 7.99. The number of benzene rings is 1. The van der Waals surface area contributed by atoms with E-state index in [0.717, 1.165) is 25.0 Å². The number of carbonyl (C=O) groups is 1. The second-order valence-corrected chi connectivity index (χ2v) is 7.00. The van der Waals surface area contributed by atoms with E-state index < -0.39 is 5.54 Å². The minimum Gasteiger partial charge on any atom is -0.368 e. The van der Waals surface area contributed by atoms with Crippen LogP contribution in [0.1, 0.15) is 36.8 Å². The number of amides is 1. The molecule has 0 radical (unpaired) electrons. The molecule has 0 spiro atoms. The average molecular weight is 292 g/mol. The number of primary amides is 1. The Morgan fingerprint density at radius 3 is 3.00 bits per heavy atom. The fraction of sp³-hybridized carbons (Fsp3) is 0.562. The Morgan fingerprint density at radius 2 is 2.35 bits per heavy atom. The summed E-state index contributed by atoms with van der Waals surface area (Å²) in [5, 5.41) is 3.67. The van der Waals surface area contributed by atoms with Crippen molar-refractivity contribution in [2.24, 2.45) is 5.73 Å². The van der Waals surface area contributed by atoms with Crippen LogP contribution in [0.4, 0.5) is 0 Å². The molecule has 2 rings (SSSR count). The van der Waals surface area contributed by atoms with Gasteiger partial charge in [0.1, 0.15) is 0 Å². The van der Waals surface area contributed by atoms with Crippen LogP contribution in [-0.4, -0.2) is 23.7 Å². The van der Waals surface area contributed by atoms with Crippen molar-refractivity contribution in [2.75, 3.05) is 7.05 Å². The smallest absolute Gasteiger partial charge is 0.237 e. The largest absolute Gasteiger partial charge is 0.368 e. The zero-order valence-electron chi connectivity index (χ0n) is 12.3. The Morgan fingerprint density at radius 1 is 1.55 bits per heavy atom. The number of nitrogens with one attached hydrogen (secondary N) is 1. The number of aryl methyl sites for hydroxylation is 1. The lowest BCUT2D eigenvalue weighted by Gasteiger charge is -2.38. The van der Waals surface area contributed by atoms with Crippen LogP contribution >= 0.6 is 11.8 Å². The van der Waals surface area contributed by atoms with E-state index in [9.17, 15) is 4.79 Å². The summed E-state index contributed by atoms with van der Waals surface area (Å²) in [6.07, 6.45) is 3.94. The van der Waals surface area contributed by atoms with Crippen molar-refractivity contribution in [1.29, 1.82) is 0 Å². The zero-order valence-corrected chi connectivity index (χ0v) is 13.1. The molecule has 0 aliphatic heterocycles. The van der Waals surface area contributed by atoms with Crippen molar-refractivity contribution in [1.82, 2.24) is 5.32 Å². The second-order valence-electron chi connectivity index (χ2n) is 5.71. The predicted molar refractivity (Wildman–Crippen MR) is 85.7 cm³/mol. The SMILES string of the molecule is CNC1(C(N)=O)CCCC(SCc2cccc(C)c2)C1. The van der Waals surface area contributed by atoms with Gasteiger partial charge in [-0.25, -0.2) is 0 Å². The molecule has 3 N–H and O–H groups in total. The van der Waals surface area contributed by atoms with Gasteiger partial charge in [-0.15, -0.1) is 0 Å². The molecule has 1 aliphatic carbocycles. The Kier molecular flexibility index (Phi) is 5.11. The van der Waals surface area contributed by atoms with Gasteiger partial charge < -0.3 is 11.1 Å². The number of hydrogen-bond acceptors (Lipinski definition) is 3. The molecule has 0 heterocycles. The van der Waals surface area contributed by atoms with Gasteiger partial charge in [0.15, 0.2) is 0 Å². The maximum absolute atomic E-state index is 11.7. The van der Waals surface area contributed by atoms with Gasteiger partial charge in [-0.05, 0) is 45.2 Å². The normalized spacial score (nSPS) is 26.4. The topological polar surface area (TPSA) is 55.1 Å². The van der Waals surface area contributed by atoms with Gasteiger partial charge in [0.25, 0.3) is 0 Å². The molecule has 20 heavy (non-hydrogen) atoms. The average Bonchev–Trinajstić information content (AvgIpc) is 2.45. The van der Waals surface area contributed by atoms with Gasteiger partial charge in [0, 0.05) is 11.0 Å². The molecule has 4 heteroatoms. The third-order valence-corrected chi connectivity index (χ3v) is 5.60. The molecule has 2 unspecified atom stereocenters. The van der Waals surface area contributed by atoms with Crippen molar-refractivity contribution in [3.05, 3.63) is 35.4 Å². The van der Waals surface area contributed by atoms with E-state index in [4.69, 9.17) is 5.73 Å². The monoisotopic (exact) mass is 292 g/mol.